The normalized spacial score (nSPS) is 10.6. The number of rotatable bonds is 9. The van der Waals surface area contributed by atoms with Crippen molar-refractivity contribution in [2.24, 2.45) is 0 Å². The Morgan fingerprint density at radius 1 is 0.920 bits per heavy atom. The molecule has 2 rings (SSSR count). The van der Waals surface area contributed by atoms with Gasteiger partial charge in [0.1, 0.15) is 19.0 Å². The van der Waals surface area contributed by atoms with Crippen molar-refractivity contribution < 1.29 is 14.2 Å². The van der Waals surface area contributed by atoms with Crippen LogP contribution in [-0.4, -0.2) is 26.9 Å². The average Bonchev–Trinajstić information content (AvgIpc) is 2.53. The Morgan fingerprint density at radius 3 is 2.24 bits per heavy atom. The van der Waals surface area contributed by atoms with Crippen LogP contribution < -0.4 is 19.5 Å². The van der Waals surface area contributed by atoms with E-state index in [1.54, 1.807) is 0 Å². The van der Waals surface area contributed by atoms with Crippen LogP contribution in [0.1, 0.15) is 23.6 Å². The summed E-state index contributed by atoms with van der Waals surface area (Å²) in [5.74, 6) is 2.33. The molecule has 0 bridgehead atoms. The van der Waals surface area contributed by atoms with Crippen molar-refractivity contribution in [2.75, 3.05) is 26.9 Å². The predicted octanol–water partition coefficient (Wildman–Crippen LogP) is 4.64. The average molecular weight is 408 g/mol. The van der Waals surface area contributed by atoms with Gasteiger partial charge >= 0.3 is 0 Å². The van der Waals surface area contributed by atoms with Gasteiger partial charge in [0.05, 0.1) is 11.1 Å². The number of aryl methyl sites for hydroxylation is 2. The molecule has 2 aromatic rings. The molecule has 136 valence electrons. The summed E-state index contributed by atoms with van der Waals surface area (Å²) in [4.78, 5) is 0. The van der Waals surface area contributed by atoms with E-state index in [9.17, 15) is 0 Å². The van der Waals surface area contributed by atoms with Crippen LogP contribution in [0.4, 0.5) is 0 Å². The van der Waals surface area contributed by atoms with E-state index in [4.69, 9.17) is 14.2 Å². The van der Waals surface area contributed by atoms with Gasteiger partial charge in [-0.3, -0.25) is 0 Å². The molecule has 0 spiro atoms. The molecule has 5 heteroatoms. The molecule has 0 saturated heterocycles. The van der Waals surface area contributed by atoms with E-state index in [2.05, 4.69) is 41.2 Å². The maximum Gasteiger partial charge on any atom is 0.175 e. The van der Waals surface area contributed by atoms with Gasteiger partial charge in [0.25, 0.3) is 0 Å². The summed E-state index contributed by atoms with van der Waals surface area (Å²) in [5.41, 5.74) is 3.52. The first-order valence-electron chi connectivity index (χ1n) is 8.47. The number of halogens is 1. The molecule has 0 aliphatic heterocycles. The maximum absolute atomic E-state index is 5.92. The van der Waals surface area contributed by atoms with E-state index >= 15 is 0 Å². The van der Waals surface area contributed by atoms with Crippen molar-refractivity contribution in [1.82, 2.24) is 5.32 Å². The minimum Gasteiger partial charge on any atom is -0.490 e. The van der Waals surface area contributed by atoms with Crippen LogP contribution in [0.3, 0.4) is 0 Å². The zero-order valence-corrected chi connectivity index (χ0v) is 16.9. The third-order valence-electron chi connectivity index (χ3n) is 3.54. The van der Waals surface area contributed by atoms with Crippen LogP contribution >= 0.6 is 15.9 Å². The Morgan fingerprint density at radius 2 is 1.60 bits per heavy atom. The topological polar surface area (TPSA) is 39.7 Å². The summed E-state index contributed by atoms with van der Waals surface area (Å²) in [6.07, 6.45) is 0. The lowest BCUT2D eigenvalue weighted by Gasteiger charge is -2.16. The van der Waals surface area contributed by atoms with Crippen molar-refractivity contribution in [3.8, 4) is 17.2 Å². The summed E-state index contributed by atoms with van der Waals surface area (Å²) in [6, 6.07) is 10.2. The number of hydrogen-bond donors (Lipinski definition) is 1. The van der Waals surface area contributed by atoms with Crippen molar-refractivity contribution in [3.05, 3.63) is 51.5 Å². The van der Waals surface area contributed by atoms with E-state index in [0.717, 1.165) is 28.1 Å². The van der Waals surface area contributed by atoms with Gasteiger partial charge in [0.2, 0.25) is 0 Å². The third-order valence-corrected chi connectivity index (χ3v) is 4.13. The third kappa shape index (κ3) is 5.94. The minimum atomic E-state index is 0.442. The SMILES string of the molecule is CCOc1cc(CNC)cc(Br)c1OCCOc1cc(C)cc(C)c1. The van der Waals surface area contributed by atoms with Crippen LogP contribution in [0.15, 0.2) is 34.8 Å². The maximum atomic E-state index is 5.92. The monoisotopic (exact) mass is 407 g/mol. The fourth-order valence-corrected chi connectivity index (χ4v) is 3.25. The molecule has 0 amide bonds. The van der Waals surface area contributed by atoms with Crippen molar-refractivity contribution in [2.45, 2.75) is 27.3 Å². The van der Waals surface area contributed by atoms with Crippen LogP contribution in [0, 0.1) is 13.8 Å². The number of benzene rings is 2. The van der Waals surface area contributed by atoms with Crippen LogP contribution in [0.5, 0.6) is 17.2 Å². The highest BCUT2D eigenvalue weighted by Gasteiger charge is 2.12. The van der Waals surface area contributed by atoms with E-state index in [1.165, 1.54) is 11.1 Å². The van der Waals surface area contributed by atoms with E-state index in [0.29, 0.717) is 25.6 Å². The van der Waals surface area contributed by atoms with Gasteiger partial charge in [-0.05, 0) is 84.7 Å². The zero-order chi connectivity index (χ0) is 18.2. The van der Waals surface area contributed by atoms with Crippen molar-refractivity contribution >= 4 is 15.9 Å². The number of hydrogen-bond acceptors (Lipinski definition) is 4. The fourth-order valence-electron chi connectivity index (χ4n) is 2.65. The van der Waals surface area contributed by atoms with Crippen molar-refractivity contribution in [1.29, 1.82) is 0 Å². The molecule has 1 N–H and O–H groups in total. The number of ether oxygens (including phenoxy) is 3. The molecule has 0 aliphatic carbocycles. The Bertz CT molecular complexity index is 683. The molecule has 25 heavy (non-hydrogen) atoms. The van der Waals surface area contributed by atoms with Crippen LogP contribution in [0.2, 0.25) is 0 Å². The molecule has 0 aromatic heterocycles. The van der Waals surface area contributed by atoms with E-state index in [1.807, 2.05) is 38.2 Å². The Labute approximate surface area is 158 Å². The van der Waals surface area contributed by atoms with Gasteiger partial charge in [-0.25, -0.2) is 0 Å². The summed E-state index contributed by atoms with van der Waals surface area (Å²) in [5, 5.41) is 3.14. The summed E-state index contributed by atoms with van der Waals surface area (Å²) >= 11 is 3.58. The first kappa shape index (κ1) is 19.6. The molecule has 0 heterocycles. The smallest absolute Gasteiger partial charge is 0.175 e. The first-order valence-corrected chi connectivity index (χ1v) is 9.26. The van der Waals surface area contributed by atoms with Gasteiger partial charge in [0.15, 0.2) is 11.5 Å². The van der Waals surface area contributed by atoms with Crippen LogP contribution in [0.25, 0.3) is 0 Å². The second-order valence-corrected chi connectivity index (χ2v) is 6.74. The molecule has 4 nitrogen and oxygen atoms in total. The van der Waals surface area contributed by atoms with Gasteiger partial charge in [-0.2, -0.15) is 0 Å². The quantitative estimate of drug-likeness (QED) is 0.614. The molecule has 0 aliphatic rings. The number of nitrogens with one attached hydrogen (secondary N) is 1. The van der Waals surface area contributed by atoms with E-state index < -0.39 is 0 Å². The molecule has 0 atom stereocenters. The Kier molecular flexibility index (Phi) is 7.59. The predicted molar refractivity (Wildman–Crippen MR) is 105 cm³/mol. The Hall–Kier alpha value is -1.72. The lowest BCUT2D eigenvalue weighted by atomic mass is 10.1. The molecular weight excluding hydrogens is 382 g/mol. The fraction of sp³-hybridized carbons (Fsp3) is 0.400. The highest BCUT2D eigenvalue weighted by Crippen LogP contribution is 2.37. The summed E-state index contributed by atoms with van der Waals surface area (Å²) < 4.78 is 18.3. The van der Waals surface area contributed by atoms with Crippen molar-refractivity contribution in [3.63, 3.8) is 0 Å². The lowest BCUT2D eigenvalue weighted by molar-refractivity contribution is 0.207. The molecule has 2 aromatic carbocycles. The summed E-state index contributed by atoms with van der Waals surface area (Å²) in [7, 11) is 1.92. The largest absolute Gasteiger partial charge is 0.490 e. The first-order chi connectivity index (χ1) is 12.0. The zero-order valence-electron chi connectivity index (χ0n) is 15.3. The van der Waals surface area contributed by atoms with Crippen LogP contribution in [-0.2, 0) is 6.54 Å². The second-order valence-electron chi connectivity index (χ2n) is 5.89. The van der Waals surface area contributed by atoms with Gasteiger partial charge < -0.3 is 19.5 Å². The highest BCUT2D eigenvalue weighted by atomic mass is 79.9. The summed E-state index contributed by atoms with van der Waals surface area (Å²) in [6.45, 7) is 8.37. The molecule has 0 unspecified atom stereocenters. The standard InChI is InChI=1S/C20H26BrNO3/c1-5-23-19-12-16(13-22-4)11-18(21)20(19)25-7-6-24-17-9-14(2)8-15(3)10-17/h8-12,22H,5-7,13H2,1-4H3. The molecule has 0 radical (unpaired) electrons. The van der Waals surface area contributed by atoms with E-state index in [-0.39, 0.29) is 0 Å². The van der Waals surface area contributed by atoms with Gasteiger partial charge in [-0.15, -0.1) is 0 Å². The molecule has 0 saturated carbocycles. The minimum absolute atomic E-state index is 0.442. The van der Waals surface area contributed by atoms with Gasteiger partial charge in [0, 0.05) is 6.54 Å². The molecular formula is C20H26BrNO3. The second kappa shape index (κ2) is 9.68. The Balaban J connectivity index is 1.99. The van der Waals surface area contributed by atoms with Gasteiger partial charge in [-0.1, -0.05) is 6.07 Å². The highest BCUT2D eigenvalue weighted by molar-refractivity contribution is 9.10. The lowest BCUT2D eigenvalue weighted by Crippen LogP contribution is -2.11. The molecule has 0 fully saturated rings.